The first-order valence-corrected chi connectivity index (χ1v) is 7.92. The first-order chi connectivity index (χ1) is 9.50. The minimum absolute atomic E-state index is 0.181. The maximum Gasteiger partial charge on any atom is 0.178 e. The van der Waals surface area contributed by atoms with Crippen molar-refractivity contribution in [2.45, 2.75) is 17.1 Å². The largest absolute Gasteiger partial charge is 0.293 e. The van der Waals surface area contributed by atoms with E-state index in [2.05, 4.69) is 0 Å². The van der Waals surface area contributed by atoms with Gasteiger partial charge in [-0.15, -0.1) is 0 Å². The Bertz CT molecular complexity index is 656. The van der Waals surface area contributed by atoms with Gasteiger partial charge in [0.2, 0.25) is 0 Å². The van der Waals surface area contributed by atoms with Crippen LogP contribution in [0.4, 0.5) is 0 Å². The van der Waals surface area contributed by atoms with Gasteiger partial charge in [-0.1, -0.05) is 53.5 Å². The molecule has 0 fully saturated rings. The molecule has 5 heteroatoms. The van der Waals surface area contributed by atoms with Crippen LogP contribution < -0.4 is 0 Å². The van der Waals surface area contributed by atoms with Crippen LogP contribution in [0.25, 0.3) is 0 Å². The number of benzene rings is 2. The van der Waals surface area contributed by atoms with Crippen molar-refractivity contribution in [3.63, 3.8) is 0 Å². The molecule has 0 aliphatic heterocycles. The molecule has 0 spiro atoms. The molecule has 0 aliphatic carbocycles. The third-order valence-corrected chi connectivity index (χ3v) is 5.16. The van der Waals surface area contributed by atoms with Crippen molar-refractivity contribution in [2.75, 3.05) is 0 Å². The average molecular weight is 327 g/mol. The maximum absolute atomic E-state index is 12.5. The van der Waals surface area contributed by atoms with Crippen LogP contribution in [0, 0.1) is 0 Å². The van der Waals surface area contributed by atoms with Crippen molar-refractivity contribution in [3.05, 3.63) is 64.1 Å². The number of halogens is 2. The molecule has 20 heavy (non-hydrogen) atoms. The molecule has 104 valence electrons. The molecule has 2 aromatic rings. The zero-order valence-corrected chi connectivity index (χ0v) is 13.0. The van der Waals surface area contributed by atoms with Crippen molar-refractivity contribution in [1.29, 1.82) is 0 Å². The fourth-order valence-electron chi connectivity index (χ4n) is 1.76. The third kappa shape index (κ3) is 3.29. The maximum atomic E-state index is 12.5. The standard InChI is InChI=1S/C15H12Cl2O2S/c1-10(15(18)11-5-3-2-4-6-11)20(19)14-9-12(16)7-8-13(14)17/h2-10H,1H3. The molecule has 0 saturated heterocycles. The van der Waals surface area contributed by atoms with Crippen LogP contribution in [0.3, 0.4) is 0 Å². The number of carbonyl (C=O) groups excluding carboxylic acids is 1. The Labute approximate surface area is 130 Å². The topological polar surface area (TPSA) is 34.1 Å². The van der Waals surface area contributed by atoms with Gasteiger partial charge in [0, 0.05) is 10.6 Å². The SMILES string of the molecule is CC(C(=O)c1ccccc1)S(=O)c1cc(Cl)ccc1Cl. The first-order valence-electron chi connectivity index (χ1n) is 5.95. The zero-order chi connectivity index (χ0) is 14.7. The van der Waals surface area contributed by atoms with E-state index in [1.165, 1.54) is 6.07 Å². The second-order valence-corrected chi connectivity index (χ2v) is 6.83. The van der Waals surface area contributed by atoms with Gasteiger partial charge in [0.15, 0.2) is 5.78 Å². The van der Waals surface area contributed by atoms with Crippen molar-refractivity contribution >= 4 is 39.8 Å². The Balaban J connectivity index is 2.29. The van der Waals surface area contributed by atoms with Gasteiger partial charge >= 0.3 is 0 Å². The lowest BCUT2D eigenvalue weighted by Gasteiger charge is -2.12. The van der Waals surface area contributed by atoms with Gasteiger partial charge in [-0.3, -0.25) is 9.00 Å². The number of hydrogen-bond acceptors (Lipinski definition) is 2. The van der Waals surface area contributed by atoms with E-state index in [0.29, 0.717) is 20.5 Å². The number of hydrogen-bond donors (Lipinski definition) is 0. The fraction of sp³-hybridized carbons (Fsp3) is 0.133. The number of ketones is 1. The molecule has 2 nitrogen and oxygen atoms in total. The molecular formula is C15H12Cl2O2S. The smallest absolute Gasteiger partial charge is 0.178 e. The predicted octanol–water partition coefficient (Wildman–Crippen LogP) is 4.37. The molecule has 0 saturated carbocycles. The lowest BCUT2D eigenvalue weighted by Crippen LogP contribution is -2.23. The second kappa shape index (κ2) is 6.53. The van der Waals surface area contributed by atoms with E-state index in [1.807, 2.05) is 6.07 Å². The highest BCUT2D eigenvalue weighted by Crippen LogP contribution is 2.26. The normalized spacial score (nSPS) is 13.8. The van der Waals surface area contributed by atoms with Crippen LogP contribution in [0.5, 0.6) is 0 Å². The van der Waals surface area contributed by atoms with Gasteiger partial charge in [-0.25, -0.2) is 0 Å². The van der Waals surface area contributed by atoms with Gasteiger partial charge in [-0.05, 0) is 25.1 Å². The highest BCUT2D eigenvalue weighted by molar-refractivity contribution is 7.86. The third-order valence-electron chi connectivity index (χ3n) is 2.86. The highest BCUT2D eigenvalue weighted by atomic mass is 35.5. The summed E-state index contributed by atoms with van der Waals surface area (Å²) in [7, 11) is -1.55. The van der Waals surface area contributed by atoms with Gasteiger partial charge in [0.1, 0.15) is 0 Å². The molecule has 0 heterocycles. The van der Waals surface area contributed by atoms with E-state index in [-0.39, 0.29) is 5.78 Å². The summed E-state index contributed by atoms with van der Waals surface area (Å²) in [5.74, 6) is -0.181. The van der Waals surface area contributed by atoms with E-state index in [4.69, 9.17) is 23.2 Å². The van der Waals surface area contributed by atoms with Crippen molar-refractivity contribution in [1.82, 2.24) is 0 Å². The minimum atomic E-state index is -1.55. The molecule has 0 radical (unpaired) electrons. The molecular weight excluding hydrogens is 315 g/mol. The molecule has 2 rings (SSSR count). The van der Waals surface area contributed by atoms with Gasteiger partial charge < -0.3 is 0 Å². The predicted molar refractivity (Wildman–Crippen MR) is 83.1 cm³/mol. The van der Waals surface area contributed by atoms with Crippen molar-refractivity contribution < 1.29 is 9.00 Å². The molecule has 0 bridgehead atoms. The molecule has 2 unspecified atom stereocenters. The fourth-order valence-corrected chi connectivity index (χ4v) is 3.55. The summed E-state index contributed by atoms with van der Waals surface area (Å²) >= 11 is 11.9. The summed E-state index contributed by atoms with van der Waals surface area (Å²) in [6.45, 7) is 1.63. The number of rotatable bonds is 4. The van der Waals surface area contributed by atoms with Crippen molar-refractivity contribution in [3.8, 4) is 0 Å². The molecule has 0 amide bonds. The van der Waals surface area contributed by atoms with Crippen LogP contribution in [0.15, 0.2) is 53.4 Å². The summed E-state index contributed by atoms with van der Waals surface area (Å²) < 4.78 is 12.5. The average Bonchev–Trinajstić information content (AvgIpc) is 2.48. The molecule has 2 aromatic carbocycles. The first kappa shape index (κ1) is 15.2. The van der Waals surface area contributed by atoms with E-state index in [1.54, 1.807) is 43.3 Å². The Morgan fingerprint density at radius 3 is 2.40 bits per heavy atom. The zero-order valence-electron chi connectivity index (χ0n) is 10.7. The van der Waals surface area contributed by atoms with Crippen LogP contribution in [0.2, 0.25) is 10.0 Å². The quantitative estimate of drug-likeness (QED) is 0.781. The van der Waals surface area contributed by atoms with E-state index >= 15 is 0 Å². The number of Topliss-reactive ketones (excluding diaryl/α,β-unsaturated/α-hetero) is 1. The van der Waals surface area contributed by atoms with Crippen LogP contribution in [-0.4, -0.2) is 15.2 Å². The van der Waals surface area contributed by atoms with Crippen LogP contribution in [0.1, 0.15) is 17.3 Å². The molecule has 0 N–H and O–H groups in total. The second-order valence-electron chi connectivity index (χ2n) is 4.24. The Morgan fingerprint density at radius 1 is 1.10 bits per heavy atom. The monoisotopic (exact) mass is 326 g/mol. The summed E-state index contributed by atoms with van der Waals surface area (Å²) in [6.07, 6.45) is 0. The van der Waals surface area contributed by atoms with Crippen LogP contribution >= 0.6 is 23.2 Å². The lowest BCUT2D eigenvalue weighted by molar-refractivity contribution is 0.0992. The summed E-state index contributed by atoms with van der Waals surface area (Å²) in [6, 6.07) is 13.5. The van der Waals surface area contributed by atoms with Crippen LogP contribution in [-0.2, 0) is 10.8 Å². The van der Waals surface area contributed by atoms with Gasteiger partial charge in [0.25, 0.3) is 0 Å². The Kier molecular flexibility index (Phi) is 4.97. The van der Waals surface area contributed by atoms with E-state index in [9.17, 15) is 9.00 Å². The summed E-state index contributed by atoms with van der Waals surface area (Å²) in [5.41, 5.74) is 0.534. The van der Waals surface area contributed by atoms with E-state index in [0.717, 1.165) is 0 Å². The molecule has 0 aliphatic rings. The molecule has 2 atom stereocenters. The van der Waals surface area contributed by atoms with E-state index < -0.39 is 16.0 Å². The number of carbonyl (C=O) groups is 1. The Hall–Kier alpha value is -1.16. The highest BCUT2D eigenvalue weighted by Gasteiger charge is 2.24. The Morgan fingerprint density at radius 2 is 1.75 bits per heavy atom. The summed E-state index contributed by atoms with van der Waals surface area (Å²) in [4.78, 5) is 12.7. The lowest BCUT2D eigenvalue weighted by atomic mass is 10.1. The van der Waals surface area contributed by atoms with Crippen molar-refractivity contribution in [2.24, 2.45) is 0 Å². The summed E-state index contributed by atoms with van der Waals surface area (Å²) in [5, 5.41) is 0.103. The minimum Gasteiger partial charge on any atom is -0.293 e. The van der Waals surface area contributed by atoms with Gasteiger partial charge in [-0.2, -0.15) is 0 Å². The van der Waals surface area contributed by atoms with Gasteiger partial charge in [0.05, 0.1) is 26.0 Å². The molecule has 0 aromatic heterocycles.